The van der Waals surface area contributed by atoms with E-state index in [1.54, 1.807) is 12.1 Å². The van der Waals surface area contributed by atoms with Crippen LogP contribution in [-0.2, 0) is 4.79 Å². The Kier molecular flexibility index (Phi) is 3.65. The van der Waals surface area contributed by atoms with Crippen molar-refractivity contribution in [2.24, 2.45) is 0 Å². The largest absolute Gasteiger partial charge is 0.303 e. The molecule has 0 radical (unpaired) electrons. The third-order valence-corrected chi connectivity index (χ3v) is 2.35. The Labute approximate surface area is 84.1 Å². The molecule has 12 heavy (non-hydrogen) atoms. The first-order chi connectivity index (χ1) is 5.77. The van der Waals surface area contributed by atoms with Crippen LogP contribution in [-0.4, -0.2) is 13.0 Å². The summed E-state index contributed by atoms with van der Waals surface area (Å²) in [5, 5.41) is 0. The zero-order valence-electron chi connectivity index (χ0n) is 6.34. The summed E-state index contributed by atoms with van der Waals surface area (Å²) in [5.41, 5.74) is 0.743. The fourth-order valence-electron chi connectivity index (χ4n) is 0.914. The molecule has 0 aliphatic rings. The van der Waals surface area contributed by atoms with E-state index in [9.17, 15) is 9.18 Å². The monoisotopic (exact) mass is 278 g/mol. The van der Waals surface area contributed by atoms with Gasteiger partial charge >= 0.3 is 0 Å². The van der Waals surface area contributed by atoms with Gasteiger partial charge in [0, 0.05) is 3.57 Å². The van der Waals surface area contributed by atoms with Crippen LogP contribution in [0, 0.1) is 3.57 Å². The van der Waals surface area contributed by atoms with Crippen molar-refractivity contribution in [3.8, 4) is 0 Å². The lowest BCUT2D eigenvalue weighted by atomic mass is 10.0. The van der Waals surface area contributed by atoms with Gasteiger partial charge in [0.05, 0.1) is 5.92 Å². The summed E-state index contributed by atoms with van der Waals surface area (Å²) in [6.07, 6.45) is 0.641. The first-order valence-corrected chi connectivity index (χ1v) is 4.62. The molecule has 0 aliphatic heterocycles. The maximum atomic E-state index is 12.2. The van der Waals surface area contributed by atoms with Crippen LogP contribution < -0.4 is 0 Å². The normalized spacial score (nSPS) is 12.5. The van der Waals surface area contributed by atoms with Crippen molar-refractivity contribution in [3.63, 3.8) is 0 Å². The fourth-order valence-corrected chi connectivity index (χ4v) is 1.27. The predicted molar refractivity (Wildman–Crippen MR) is 53.9 cm³/mol. The number of hydrogen-bond acceptors (Lipinski definition) is 1. The molecule has 0 N–H and O–H groups in total. The zero-order chi connectivity index (χ0) is 8.97. The van der Waals surface area contributed by atoms with Crippen LogP contribution >= 0.6 is 22.6 Å². The number of halogens is 2. The van der Waals surface area contributed by atoms with Crippen molar-refractivity contribution < 1.29 is 9.18 Å². The van der Waals surface area contributed by atoms with Gasteiger partial charge in [0.2, 0.25) is 0 Å². The number of rotatable bonds is 3. The summed E-state index contributed by atoms with van der Waals surface area (Å²) in [7, 11) is 0. The van der Waals surface area contributed by atoms with E-state index in [-0.39, 0.29) is 0 Å². The molecular formula is C9H8FIO. The Morgan fingerprint density at radius 3 is 2.42 bits per heavy atom. The van der Waals surface area contributed by atoms with Gasteiger partial charge in [-0.3, -0.25) is 0 Å². The summed E-state index contributed by atoms with van der Waals surface area (Å²) in [6, 6.07) is 7.28. The van der Waals surface area contributed by atoms with Gasteiger partial charge in [-0.25, -0.2) is 4.39 Å². The molecule has 0 amide bonds. The smallest absolute Gasteiger partial charge is 0.130 e. The third kappa shape index (κ3) is 2.27. The van der Waals surface area contributed by atoms with Crippen molar-refractivity contribution >= 4 is 28.9 Å². The number of carbonyl (C=O) groups is 1. The van der Waals surface area contributed by atoms with Crippen LogP contribution in [0.1, 0.15) is 11.5 Å². The molecule has 0 saturated carbocycles. The van der Waals surface area contributed by atoms with Gasteiger partial charge < -0.3 is 4.79 Å². The Morgan fingerprint density at radius 1 is 1.42 bits per heavy atom. The van der Waals surface area contributed by atoms with E-state index in [1.807, 2.05) is 12.1 Å². The van der Waals surface area contributed by atoms with E-state index >= 15 is 0 Å². The molecule has 0 aliphatic carbocycles. The molecule has 1 atom stereocenters. The molecule has 3 heteroatoms. The highest BCUT2D eigenvalue weighted by atomic mass is 127. The standard InChI is InChI=1S/C9H8FIO/c10-5-8(6-12)7-1-3-9(11)4-2-7/h1-4,6,8H,5H2. The van der Waals surface area contributed by atoms with Gasteiger partial charge in [-0.2, -0.15) is 0 Å². The Morgan fingerprint density at radius 2 is 2.00 bits per heavy atom. The van der Waals surface area contributed by atoms with Crippen molar-refractivity contribution in [3.05, 3.63) is 33.4 Å². The molecule has 1 aromatic rings. The third-order valence-electron chi connectivity index (χ3n) is 1.63. The predicted octanol–water partition coefficient (Wildman–Crippen LogP) is 2.54. The Bertz CT molecular complexity index is 258. The number of hydrogen-bond donors (Lipinski definition) is 0. The molecular weight excluding hydrogens is 270 g/mol. The highest BCUT2D eigenvalue weighted by molar-refractivity contribution is 14.1. The minimum atomic E-state index is -0.621. The molecule has 0 aromatic heterocycles. The SMILES string of the molecule is O=CC(CF)c1ccc(I)cc1. The summed E-state index contributed by atoms with van der Waals surface area (Å²) < 4.78 is 13.3. The van der Waals surface area contributed by atoms with Crippen LogP contribution in [0.15, 0.2) is 24.3 Å². The summed E-state index contributed by atoms with van der Waals surface area (Å²) in [4.78, 5) is 10.4. The summed E-state index contributed by atoms with van der Waals surface area (Å²) in [6.45, 7) is -0.621. The second kappa shape index (κ2) is 4.54. The van der Waals surface area contributed by atoms with Gasteiger partial charge in [0.15, 0.2) is 0 Å². The number of carbonyl (C=O) groups excluding carboxylic acids is 1. The van der Waals surface area contributed by atoms with Gasteiger partial charge in [-0.1, -0.05) is 12.1 Å². The molecule has 1 unspecified atom stereocenters. The maximum Gasteiger partial charge on any atom is 0.130 e. The second-order valence-corrected chi connectivity index (χ2v) is 3.69. The van der Waals surface area contributed by atoms with E-state index in [2.05, 4.69) is 22.6 Å². The lowest BCUT2D eigenvalue weighted by molar-refractivity contribution is -0.109. The number of benzene rings is 1. The average Bonchev–Trinajstić information content (AvgIpc) is 2.10. The van der Waals surface area contributed by atoms with Gasteiger partial charge in [0.25, 0.3) is 0 Å². The molecule has 0 heterocycles. The van der Waals surface area contributed by atoms with Gasteiger partial charge in [-0.15, -0.1) is 0 Å². The van der Waals surface area contributed by atoms with Crippen molar-refractivity contribution in [2.75, 3.05) is 6.67 Å². The molecule has 0 saturated heterocycles. The lowest BCUT2D eigenvalue weighted by Crippen LogP contribution is -2.01. The quantitative estimate of drug-likeness (QED) is 0.613. The van der Waals surface area contributed by atoms with Crippen LogP contribution in [0.25, 0.3) is 0 Å². The van der Waals surface area contributed by atoms with Crippen molar-refractivity contribution in [1.29, 1.82) is 0 Å². The van der Waals surface area contributed by atoms with E-state index in [1.165, 1.54) is 0 Å². The van der Waals surface area contributed by atoms with E-state index in [0.29, 0.717) is 6.29 Å². The lowest BCUT2D eigenvalue weighted by Gasteiger charge is -2.04. The Balaban J connectivity index is 2.87. The highest BCUT2D eigenvalue weighted by Gasteiger charge is 2.08. The molecule has 64 valence electrons. The molecule has 1 nitrogen and oxygen atoms in total. The van der Waals surface area contributed by atoms with Crippen LogP contribution in [0.2, 0.25) is 0 Å². The van der Waals surface area contributed by atoms with Crippen molar-refractivity contribution in [2.45, 2.75) is 5.92 Å². The number of aldehydes is 1. The van der Waals surface area contributed by atoms with Crippen LogP contribution in [0.3, 0.4) is 0 Å². The van der Waals surface area contributed by atoms with Crippen LogP contribution in [0.5, 0.6) is 0 Å². The minimum Gasteiger partial charge on any atom is -0.303 e. The summed E-state index contributed by atoms with van der Waals surface area (Å²) in [5.74, 6) is -0.595. The highest BCUT2D eigenvalue weighted by Crippen LogP contribution is 2.15. The Hall–Kier alpha value is -0.450. The minimum absolute atomic E-state index is 0.595. The van der Waals surface area contributed by atoms with Gasteiger partial charge in [-0.05, 0) is 40.3 Å². The van der Waals surface area contributed by atoms with E-state index < -0.39 is 12.6 Å². The average molecular weight is 278 g/mol. The summed E-state index contributed by atoms with van der Waals surface area (Å²) >= 11 is 2.16. The van der Waals surface area contributed by atoms with E-state index in [4.69, 9.17) is 0 Å². The molecule has 0 fully saturated rings. The molecule has 0 spiro atoms. The fraction of sp³-hybridized carbons (Fsp3) is 0.222. The number of alkyl halides is 1. The molecule has 1 rings (SSSR count). The molecule has 0 bridgehead atoms. The first kappa shape index (κ1) is 9.64. The van der Waals surface area contributed by atoms with Gasteiger partial charge in [0.1, 0.15) is 13.0 Å². The second-order valence-electron chi connectivity index (χ2n) is 2.45. The van der Waals surface area contributed by atoms with E-state index in [0.717, 1.165) is 9.13 Å². The van der Waals surface area contributed by atoms with Crippen LogP contribution in [0.4, 0.5) is 4.39 Å². The topological polar surface area (TPSA) is 17.1 Å². The van der Waals surface area contributed by atoms with Crippen molar-refractivity contribution in [1.82, 2.24) is 0 Å². The maximum absolute atomic E-state index is 12.2. The zero-order valence-corrected chi connectivity index (χ0v) is 8.49. The molecule has 1 aromatic carbocycles. The first-order valence-electron chi connectivity index (χ1n) is 3.54.